The first kappa shape index (κ1) is 30.0. The van der Waals surface area contributed by atoms with Crippen LogP contribution in [0, 0.1) is 0 Å². The number of quaternary nitrogens is 1. The predicted molar refractivity (Wildman–Crippen MR) is 117 cm³/mol. The van der Waals surface area contributed by atoms with Crippen LogP contribution >= 0.6 is 12.4 Å². The van der Waals surface area contributed by atoms with Gasteiger partial charge in [-0.1, -0.05) is 96.8 Å². The van der Waals surface area contributed by atoms with E-state index in [-0.39, 0.29) is 42.0 Å². The van der Waals surface area contributed by atoms with Crippen molar-refractivity contribution in [2.75, 3.05) is 27.7 Å². The van der Waals surface area contributed by atoms with E-state index < -0.39 is 0 Å². The zero-order chi connectivity index (χ0) is 16.5. The molecule has 0 aliphatic rings. The number of hydrogen-bond donors (Lipinski definition) is 0. The molecule has 1 nitrogen and oxygen atoms in total. The van der Waals surface area contributed by atoms with Crippen LogP contribution in [0.4, 0.5) is 0 Å². The molecule has 3 heteroatoms. The van der Waals surface area contributed by atoms with Gasteiger partial charge < -0.3 is 4.48 Å². The summed E-state index contributed by atoms with van der Waals surface area (Å²) in [5, 5.41) is 0. The van der Waals surface area contributed by atoms with Crippen molar-refractivity contribution in [2.24, 2.45) is 0 Å². The van der Waals surface area contributed by atoms with Crippen LogP contribution in [0.25, 0.3) is 0 Å². The third-order valence-corrected chi connectivity index (χ3v) is 4.68. The molecule has 0 aromatic carbocycles. The van der Waals surface area contributed by atoms with Gasteiger partial charge >= 0.3 is 29.6 Å². The molecule has 0 aliphatic heterocycles. The van der Waals surface area contributed by atoms with Crippen LogP contribution in [0.5, 0.6) is 0 Å². The number of hydrogen-bond acceptors (Lipinski definition) is 0. The molecule has 0 heterocycles. The summed E-state index contributed by atoms with van der Waals surface area (Å²) >= 11 is 0. The zero-order valence-electron chi connectivity index (χ0n) is 16.9. The Balaban J connectivity index is -0.00000220. The number of unbranched alkanes of at least 4 members (excludes halogenated alkanes) is 15. The van der Waals surface area contributed by atoms with Crippen LogP contribution in [-0.4, -0.2) is 61.7 Å². The quantitative estimate of drug-likeness (QED) is 0.151. The van der Waals surface area contributed by atoms with Crippen molar-refractivity contribution in [3.8, 4) is 0 Å². The van der Waals surface area contributed by atoms with Crippen LogP contribution < -0.4 is 0 Å². The first-order valence-corrected chi connectivity index (χ1v) is 10.4. The second-order valence-electron chi connectivity index (χ2n) is 8.32. The number of nitrogens with zero attached hydrogens (tertiary/aromatic N) is 1. The van der Waals surface area contributed by atoms with E-state index in [2.05, 4.69) is 28.1 Å². The van der Waals surface area contributed by atoms with Gasteiger partial charge in [0, 0.05) is 0 Å². The molecule has 0 amide bonds. The monoisotopic (exact) mass is 372 g/mol. The second kappa shape index (κ2) is 22.3. The third-order valence-electron chi connectivity index (χ3n) is 4.68. The fourth-order valence-electron chi connectivity index (χ4n) is 3.13. The second-order valence-corrected chi connectivity index (χ2v) is 8.32. The average molecular weight is 373 g/mol. The molecule has 0 aromatic heterocycles. The number of rotatable bonds is 17. The van der Waals surface area contributed by atoms with E-state index in [1.807, 2.05) is 0 Å². The van der Waals surface area contributed by atoms with Gasteiger partial charge in [0.05, 0.1) is 27.7 Å². The van der Waals surface area contributed by atoms with Crippen LogP contribution in [0.1, 0.15) is 110 Å². The minimum absolute atomic E-state index is 0. The summed E-state index contributed by atoms with van der Waals surface area (Å²) in [6.07, 6.45) is 23.4. The summed E-state index contributed by atoms with van der Waals surface area (Å²) in [6, 6.07) is 0. The Kier molecular flexibility index (Phi) is 27.9. The third kappa shape index (κ3) is 28.1. The van der Waals surface area contributed by atoms with Crippen LogP contribution in [0.3, 0.4) is 0 Å². The normalized spacial score (nSPS) is 11.0. The van der Waals surface area contributed by atoms with Gasteiger partial charge in [0.1, 0.15) is 0 Å². The van der Waals surface area contributed by atoms with Crippen molar-refractivity contribution >= 4 is 42.0 Å². The van der Waals surface area contributed by atoms with Gasteiger partial charge in [0.15, 0.2) is 0 Å². The molecule has 0 aliphatic carbocycles. The summed E-state index contributed by atoms with van der Waals surface area (Å²) in [5.41, 5.74) is 0. The molecule has 0 atom stereocenters. The Bertz CT molecular complexity index is 216. The Morgan fingerprint density at radius 2 is 0.708 bits per heavy atom. The standard InChI is InChI=1S/C21H46N.ClH.Na.H/c1-5-6-7-8-9-10-11-12-13-14-15-16-17-18-19-20-21-22(2,3)4;;;/h5-21H2,1-4H3;1H;;/q+1;;;. The van der Waals surface area contributed by atoms with Gasteiger partial charge in [0.2, 0.25) is 0 Å². The molecule has 0 spiro atoms. The van der Waals surface area contributed by atoms with Gasteiger partial charge in [-0.05, 0) is 12.8 Å². The van der Waals surface area contributed by atoms with Crippen LogP contribution in [-0.2, 0) is 0 Å². The van der Waals surface area contributed by atoms with Crippen molar-refractivity contribution in [1.82, 2.24) is 0 Å². The van der Waals surface area contributed by atoms with Crippen molar-refractivity contribution in [1.29, 1.82) is 0 Å². The van der Waals surface area contributed by atoms with Crippen LogP contribution in [0.2, 0.25) is 0 Å². The molecule has 0 rings (SSSR count). The van der Waals surface area contributed by atoms with Gasteiger partial charge in [-0.2, -0.15) is 0 Å². The van der Waals surface area contributed by atoms with Crippen molar-refractivity contribution in [3.63, 3.8) is 0 Å². The molecule has 0 aromatic rings. The summed E-state index contributed by atoms with van der Waals surface area (Å²) < 4.78 is 1.12. The molecule has 0 unspecified atom stereocenters. The molecule has 0 N–H and O–H groups in total. The van der Waals surface area contributed by atoms with Crippen molar-refractivity contribution in [3.05, 3.63) is 0 Å². The van der Waals surface area contributed by atoms with E-state index in [0.717, 1.165) is 4.48 Å². The number of halogens is 1. The minimum atomic E-state index is 0. The average Bonchev–Trinajstić information content (AvgIpc) is 2.45. The first-order chi connectivity index (χ1) is 10.6. The molecule has 144 valence electrons. The van der Waals surface area contributed by atoms with E-state index in [0.29, 0.717) is 0 Å². The Morgan fingerprint density at radius 1 is 0.458 bits per heavy atom. The topological polar surface area (TPSA) is 0 Å². The van der Waals surface area contributed by atoms with Crippen LogP contribution in [0.15, 0.2) is 0 Å². The maximum atomic E-state index is 2.30. The molecular weight excluding hydrogens is 325 g/mol. The summed E-state index contributed by atoms with van der Waals surface area (Å²) in [7, 11) is 6.89. The molecular formula is C21H48ClNNa+. The zero-order valence-corrected chi connectivity index (χ0v) is 17.7. The molecule has 24 heavy (non-hydrogen) atoms. The summed E-state index contributed by atoms with van der Waals surface area (Å²) in [5.74, 6) is 0. The Hall–Kier alpha value is 1.25. The van der Waals surface area contributed by atoms with Gasteiger partial charge in [-0.3, -0.25) is 0 Å². The SMILES string of the molecule is CCCCCCCCCCCCCCCCCC[N+](C)(C)C.Cl.[NaH]. The van der Waals surface area contributed by atoms with E-state index in [4.69, 9.17) is 0 Å². The van der Waals surface area contributed by atoms with Gasteiger partial charge in [0.25, 0.3) is 0 Å². The molecule has 0 saturated heterocycles. The predicted octanol–water partition coefficient (Wildman–Crippen LogP) is 6.73. The van der Waals surface area contributed by atoms with E-state index in [9.17, 15) is 0 Å². The summed E-state index contributed by atoms with van der Waals surface area (Å²) in [6.45, 7) is 3.63. The maximum absolute atomic E-state index is 2.30. The fraction of sp³-hybridized carbons (Fsp3) is 1.00. The molecule has 0 bridgehead atoms. The Labute approximate surface area is 183 Å². The van der Waals surface area contributed by atoms with Gasteiger partial charge in [-0.15, -0.1) is 12.4 Å². The first-order valence-electron chi connectivity index (χ1n) is 10.4. The fourth-order valence-corrected chi connectivity index (χ4v) is 3.13. The van der Waals surface area contributed by atoms with E-state index in [1.165, 1.54) is 109 Å². The Morgan fingerprint density at radius 3 is 0.958 bits per heavy atom. The molecule has 0 radical (unpaired) electrons. The summed E-state index contributed by atoms with van der Waals surface area (Å²) in [4.78, 5) is 0. The van der Waals surface area contributed by atoms with E-state index in [1.54, 1.807) is 0 Å². The van der Waals surface area contributed by atoms with Crippen molar-refractivity contribution in [2.45, 2.75) is 110 Å². The van der Waals surface area contributed by atoms with E-state index >= 15 is 0 Å². The molecule has 0 saturated carbocycles. The van der Waals surface area contributed by atoms with Crippen molar-refractivity contribution < 1.29 is 4.48 Å². The van der Waals surface area contributed by atoms with Gasteiger partial charge in [-0.25, -0.2) is 0 Å². The molecule has 0 fully saturated rings.